The molecule has 2 aromatic carbocycles. The molecule has 1 N–H and O–H groups in total. The minimum atomic E-state index is -1.32. The summed E-state index contributed by atoms with van der Waals surface area (Å²) in [6.07, 6.45) is -1.32. The number of nitrogens with zero attached hydrogens (tertiary/aromatic N) is 2. The fraction of sp³-hybridized carbons (Fsp3) is 0.200. The lowest BCUT2D eigenvalue weighted by atomic mass is 10.1. The number of imide groups is 1. The van der Waals surface area contributed by atoms with Crippen molar-refractivity contribution >= 4 is 35.1 Å². The van der Waals surface area contributed by atoms with Crippen LogP contribution in [0.25, 0.3) is 0 Å². The minimum absolute atomic E-state index is 0.0520. The van der Waals surface area contributed by atoms with Gasteiger partial charge < -0.3 is 10.1 Å². The maximum absolute atomic E-state index is 12.5. The molecule has 0 spiro atoms. The molecule has 0 fully saturated rings. The van der Waals surface area contributed by atoms with E-state index >= 15 is 0 Å². The largest absolute Gasteiger partial charge is 0.451 e. The van der Waals surface area contributed by atoms with Crippen molar-refractivity contribution in [1.29, 1.82) is 0 Å². The molecule has 2 atom stereocenters. The van der Waals surface area contributed by atoms with Crippen molar-refractivity contribution in [2.24, 2.45) is 0 Å². The van der Waals surface area contributed by atoms with Crippen molar-refractivity contribution in [2.75, 3.05) is 5.32 Å². The second-order valence-corrected chi connectivity index (χ2v) is 6.54. The second kappa shape index (κ2) is 8.11. The number of nitrogens with one attached hydrogen (secondary N) is 1. The minimum Gasteiger partial charge on any atom is -0.451 e. The molecule has 0 bridgehead atoms. The average Bonchev–Trinajstić information content (AvgIpc) is 2.98. The van der Waals surface area contributed by atoms with Gasteiger partial charge >= 0.3 is 5.97 Å². The van der Waals surface area contributed by atoms with E-state index in [1.165, 1.54) is 50.2 Å². The number of nitro benzene ring substituents is 1. The number of amides is 3. The zero-order valence-electron chi connectivity index (χ0n) is 16.0. The molecule has 10 nitrogen and oxygen atoms in total. The summed E-state index contributed by atoms with van der Waals surface area (Å²) in [7, 11) is 0. The monoisotopic (exact) mass is 411 g/mol. The van der Waals surface area contributed by atoms with Gasteiger partial charge in [-0.1, -0.05) is 24.3 Å². The van der Waals surface area contributed by atoms with E-state index in [0.29, 0.717) is 0 Å². The highest BCUT2D eigenvalue weighted by Crippen LogP contribution is 2.26. The van der Waals surface area contributed by atoms with Crippen molar-refractivity contribution < 1.29 is 28.8 Å². The third-order valence-corrected chi connectivity index (χ3v) is 4.57. The van der Waals surface area contributed by atoms with Gasteiger partial charge in [0.05, 0.1) is 16.1 Å². The molecule has 0 unspecified atom stereocenters. The summed E-state index contributed by atoms with van der Waals surface area (Å²) in [5.41, 5.74) is 0.00113. The van der Waals surface area contributed by atoms with Gasteiger partial charge in [0.1, 0.15) is 11.7 Å². The summed E-state index contributed by atoms with van der Waals surface area (Å²) < 4.78 is 5.09. The number of esters is 1. The molecule has 0 aliphatic carbocycles. The van der Waals surface area contributed by atoms with Gasteiger partial charge in [-0.3, -0.25) is 29.4 Å². The number of hydrogen-bond acceptors (Lipinski definition) is 7. The van der Waals surface area contributed by atoms with Gasteiger partial charge in [0.15, 0.2) is 6.10 Å². The van der Waals surface area contributed by atoms with Crippen LogP contribution in [0, 0.1) is 10.1 Å². The van der Waals surface area contributed by atoms with E-state index in [0.717, 1.165) is 4.90 Å². The first kappa shape index (κ1) is 20.6. The molecule has 1 aliphatic rings. The van der Waals surface area contributed by atoms with E-state index < -0.39 is 40.8 Å². The van der Waals surface area contributed by atoms with Crippen LogP contribution in [0.1, 0.15) is 34.6 Å². The van der Waals surface area contributed by atoms with Gasteiger partial charge in [-0.2, -0.15) is 0 Å². The highest BCUT2D eigenvalue weighted by molar-refractivity contribution is 6.22. The lowest BCUT2D eigenvalue weighted by Crippen LogP contribution is -2.45. The van der Waals surface area contributed by atoms with Crippen LogP contribution in [0.4, 0.5) is 11.4 Å². The van der Waals surface area contributed by atoms with Gasteiger partial charge in [-0.15, -0.1) is 0 Å². The van der Waals surface area contributed by atoms with E-state index in [-0.39, 0.29) is 22.5 Å². The molecule has 154 valence electrons. The van der Waals surface area contributed by atoms with E-state index in [2.05, 4.69) is 5.32 Å². The zero-order chi connectivity index (χ0) is 22.0. The Labute approximate surface area is 170 Å². The molecule has 0 saturated heterocycles. The summed E-state index contributed by atoms with van der Waals surface area (Å²) in [6.45, 7) is 2.59. The van der Waals surface area contributed by atoms with E-state index in [1.807, 2.05) is 0 Å². The fourth-order valence-corrected chi connectivity index (χ4v) is 2.96. The van der Waals surface area contributed by atoms with Crippen molar-refractivity contribution in [1.82, 2.24) is 4.90 Å². The van der Waals surface area contributed by atoms with E-state index in [1.54, 1.807) is 12.1 Å². The molecular weight excluding hydrogens is 394 g/mol. The van der Waals surface area contributed by atoms with Crippen LogP contribution in [0.15, 0.2) is 48.5 Å². The number of hydrogen-bond donors (Lipinski definition) is 1. The van der Waals surface area contributed by atoms with Crippen LogP contribution < -0.4 is 5.32 Å². The van der Waals surface area contributed by atoms with Crippen molar-refractivity contribution in [2.45, 2.75) is 26.0 Å². The molecule has 2 aromatic rings. The fourth-order valence-electron chi connectivity index (χ4n) is 2.96. The van der Waals surface area contributed by atoms with Crippen LogP contribution >= 0.6 is 0 Å². The number of rotatable bonds is 6. The Morgan fingerprint density at radius 1 is 1.00 bits per heavy atom. The smallest absolute Gasteiger partial charge is 0.329 e. The third kappa shape index (κ3) is 3.75. The number of nitro groups is 1. The molecule has 1 heterocycles. The van der Waals surface area contributed by atoms with Gasteiger partial charge in [-0.25, -0.2) is 4.79 Å². The van der Waals surface area contributed by atoms with Crippen LogP contribution in [0.5, 0.6) is 0 Å². The number of anilines is 1. The normalized spacial score (nSPS) is 14.7. The molecular formula is C20H17N3O7. The van der Waals surface area contributed by atoms with E-state index in [4.69, 9.17) is 4.74 Å². The molecule has 30 heavy (non-hydrogen) atoms. The highest BCUT2D eigenvalue weighted by Gasteiger charge is 2.41. The summed E-state index contributed by atoms with van der Waals surface area (Å²) in [5.74, 6) is -3.02. The quantitative estimate of drug-likeness (QED) is 0.333. The van der Waals surface area contributed by atoms with Gasteiger partial charge in [-0.05, 0) is 32.0 Å². The number of ether oxygens (including phenoxy) is 1. The molecule has 3 amide bonds. The number of carbonyl (C=O) groups is 4. The Kier molecular flexibility index (Phi) is 5.58. The summed E-state index contributed by atoms with van der Waals surface area (Å²) in [6, 6.07) is 10.4. The average molecular weight is 411 g/mol. The Hall–Kier alpha value is -4.08. The number of para-hydroxylation sites is 2. The standard InChI is InChI=1S/C20H17N3O7/c1-11(22-18(25)13-7-3-4-8-14(13)19(22)26)20(27)30-12(2)17(24)21-15-9-5-6-10-16(15)23(28)29/h3-12H,1-2H3,(H,21,24)/t11-,12+/m1/s1. The van der Waals surface area contributed by atoms with Crippen molar-refractivity contribution in [3.05, 3.63) is 69.8 Å². The SMILES string of the molecule is C[C@H](OC(=O)[C@@H](C)N1C(=O)c2ccccc2C1=O)C(=O)Nc1ccccc1[N+](=O)[O-]. The lowest BCUT2D eigenvalue weighted by Gasteiger charge is -2.22. The van der Waals surface area contributed by atoms with Gasteiger partial charge in [0, 0.05) is 6.07 Å². The van der Waals surface area contributed by atoms with Gasteiger partial charge in [0.25, 0.3) is 23.4 Å². The van der Waals surface area contributed by atoms with Crippen LogP contribution in [-0.2, 0) is 14.3 Å². The predicted molar refractivity (Wildman–Crippen MR) is 104 cm³/mol. The molecule has 10 heteroatoms. The molecule has 0 saturated carbocycles. The Morgan fingerprint density at radius 3 is 2.10 bits per heavy atom. The van der Waals surface area contributed by atoms with Crippen LogP contribution in [0.2, 0.25) is 0 Å². The number of carbonyl (C=O) groups excluding carboxylic acids is 4. The second-order valence-electron chi connectivity index (χ2n) is 6.54. The van der Waals surface area contributed by atoms with Crippen molar-refractivity contribution in [3.8, 4) is 0 Å². The zero-order valence-corrected chi connectivity index (χ0v) is 16.0. The molecule has 1 aliphatic heterocycles. The summed E-state index contributed by atoms with van der Waals surface area (Å²) in [5, 5.41) is 13.4. The third-order valence-electron chi connectivity index (χ3n) is 4.57. The first-order valence-corrected chi connectivity index (χ1v) is 8.94. The number of fused-ring (bicyclic) bond motifs is 1. The topological polar surface area (TPSA) is 136 Å². The van der Waals surface area contributed by atoms with Crippen molar-refractivity contribution in [3.63, 3.8) is 0 Å². The highest BCUT2D eigenvalue weighted by atomic mass is 16.6. The Morgan fingerprint density at radius 2 is 1.53 bits per heavy atom. The molecule has 3 rings (SSSR count). The summed E-state index contributed by atoms with van der Waals surface area (Å²) in [4.78, 5) is 60.9. The summed E-state index contributed by atoms with van der Waals surface area (Å²) >= 11 is 0. The maximum Gasteiger partial charge on any atom is 0.329 e. The number of benzene rings is 2. The van der Waals surface area contributed by atoms with E-state index in [9.17, 15) is 29.3 Å². The first-order valence-electron chi connectivity index (χ1n) is 8.94. The maximum atomic E-state index is 12.5. The molecule has 0 radical (unpaired) electrons. The molecule has 0 aromatic heterocycles. The predicted octanol–water partition coefficient (Wildman–Crippen LogP) is 2.15. The van der Waals surface area contributed by atoms with Crippen LogP contribution in [-0.4, -0.2) is 45.7 Å². The van der Waals surface area contributed by atoms with Crippen LogP contribution in [0.3, 0.4) is 0 Å². The Balaban J connectivity index is 1.67. The lowest BCUT2D eigenvalue weighted by molar-refractivity contribution is -0.383. The van der Waals surface area contributed by atoms with Gasteiger partial charge in [0.2, 0.25) is 0 Å². The first-order chi connectivity index (χ1) is 14.2. The Bertz CT molecular complexity index is 1030.